The van der Waals surface area contributed by atoms with Crippen LogP contribution in [0.4, 0.5) is 5.69 Å². The van der Waals surface area contributed by atoms with E-state index in [1.54, 1.807) is 55.5 Å². The van der Waals surface area contributed by atoms with E-state index in [9.17, 15) is 9.59 Å². The maximum absolute atomic E-state index is 12.1. The van der Waals surface area contributed by atoms with E-state index in [1.165, 1.54) is 0 Å². The lowest BCUT2D eigenvalue weighted by atomic mass is 10.1. The molecule has 0 aliphatic heterocycles. The molecule has 0 radical (unpaired) electrons. The van der Waals surface area contributed by atoms with Crippen molar-refractivity contribution in [3.05, 3.63) is 93.0 Å². The van der Waals surface area contributed by atoms with Gasteiger partial charge in [0.15, 0.2) is 0 Å². The lowest BCUT2D eigenvalue weighted by molar-refractivity contribution is -0.136. The van der Waals surface area contributed by atoms with Gasteiger partial charge in [0.2, 0.25) is 0 Å². The van der Waals surface area contributed by atoms with Crippen molar-refractivity contribution in [1.29, 1.82) is 0 Å². The first-order chi connectivity index (χ1) is 15.7. The molecule has 0 spiro atoms. The summed E-state index contributed by atoms with van der Waals surface area (Å²) in [5.74, 6) is -0.999. The quantitative estimate of drug-likeness (QED) is 0.269. The SMILES string of the molecule is C/C(=N\NC(=O)C(=O)Nc1ccc(C)c(C)c1)c1ccc(OCc2ccc(Cl)cc2Cl)cc1. The fraction of sp³-hybridized carbons (Fsp3) is 0.160. The van der Waals surface area contributed by atoms with Gasteiger partial charge in [-0.25, -0.2) is 5.43 Å². The number of benzene rings is 3. The molecular formula is C25H23Cl2N3O3. The third kappa shape index (κ3) is 6.81. The molecule has 0 atom stereocenters. The molecule has 0 aliphatic rings. The Kier molecular flexibility index (Phi) is 8.09. The van der Waals surface area contributed by atoms with Crippen LogP contribution < -0.4 is 15.5 Å². The second-order valence-corrected chi connectivity index (χ2v) is 8.28. The van der Waals surface area contributed by atoms with Crippen molar-refractivity contribution in [2.45, 2.75) is 27.4 Å². The van der Waals surface area contributed by atoms with Gasteiger partial charge in [-0.15, -0.1) is 0 Å². The molecule has 0 heterocycles. The summed E-state index contributed by atoms with van der Waals surface area (Å²) in [6.07, 6.45) is 0. The van der Waals surface area contributed by atoms with E-state index in [0.29, 0.717) is 33.8 Å². The molecular weight excluding hydrogens is 461 g/mol. The maximum Gasteiger partial charge on any atom is 0.329 e. The van der Waals surface area contributed by atoms with Crippen LogP contribution in [0.15, 0.2) is 65.8 Å². The van der Waals surface area contributed by atoms with E-state index in [0.717, 1.165) is 22.3 Å². The minimum atomic E-state index is -0.854. The Morgan fingerprint density at radius 3 is 2.30 bits per heavy atom. The van der Waals surface area contributed by atoms with Gasteiger partial charge in [-0.1, -0.05) is 35.3 Å². The molecule has 0 bridgehead atoms. The monoisotopic (exact) mass is 483 g/mol. The van der Waals surface area contributed by atoms with E-state index < -0.39 is 11.8 Å². The molecule has 0 aliphatic carbocycles. The van der Waals surface area contributed by atoms with E-state index >= 15 is 0 Å². The molecule has 0 fully saturated rings. The van der Waals surface area contributed by atoms with Gasteiger partial charge in [-0.05, 0) is 86.0 Å². The van der Waals surface area contributed by atoms with Crippen molar-refractivity contribution in [1.82, 2.24) is 5.43 Å². The van der Waals surface area contributed by atoms with Crippen molar-refractivity contribution in [2.24, 2.45) is 5.10 Å². The molecule has 3 aromatic rings. The summed E-state index contributed by atoms with van der Waals surface area (Å²) in [7, 11) is 0. The van der Waals surface area contributed by atoms with E-state index in [4.69, 9.17) is 27.9 Å². The summed E-state index contributed by atoms with van der Waals surface area (Å²) < 4.78 is 5.76. The number of halogens is 2. The van der Waals surface area contributed by atoms with Crippen LogP contribution in [0.5, 0.6) is 5.75 Å². The highest BCUT2D eigenvalue weighted by Gasteiger charge is 2.13. The first-order valence-corrected chi connectivity index (χ1v) is 10.9. The lowest BCUT2D eigenvalue weighted by Crippen LogP contribution is -2.33. The average molecular weight is 484 g/mol. The van der Waals surface area contributed by atoms with Gasteiger partial charge in [0.05, 0.1) is 5.71 Å². The van der Waals surface area contributed by atoms with Crippen molar-refractivity contribution in [3.63, 3.8) is 0 Å². The summed E-state index contributed by atoms with van der Waals surface area (Å²) in [4.78, 5) is 24.2. The molecule has 3 aromatic carbocycles. The zero-order valence-corrected chi connectivity index (χ0v) is 19.9. The fourth-order valence-corrected chi connectivity index (χ4v) is 3.31. The zero-order chi connectivity index (χ0) is 24.0. The van der Waals surface area contributed by atoms with E-state index in [1.807, 2.05) is 26.0 Å². The van der Waals surface area contributed by atoms with E-state index in [2.05, 4.69) is 15.8 Å². The Balaban J connectivity index is 1.54. The molecule has 3 rings (SSSR count). The van der Waals surface area contributed by atoms with Crippen molar-refractivity contribution in [2.75, 3.05) is 5.32 Å². The summed E-state index contributed by atoms with van der Waals surface area (Å²) in [5, 5.41) is 7.69. The minimum Gasteiger partial charge on any atom is -0.489 e. The van der Waals surface area contributed by atoms with Crippen LogP contribution in [0.3, 0.4) is 0 Å². The number of carbonyl (C=O) groups excluding carboxylic acids is 2. The van der Waals surface area contributed by atoms with E-state index in [-0.39, 0.29) is 0 Å². The van der Waals surface area contributed by atoms with Crippen LogP contribution in [-0.2, 0) is 16.2 Å². The molecule has 0 aromatic heterocycles. The maximum atomic E-state index is 12.1. The molecule has 33 heavy (non-hydrogen) atoms. The van der Waals surface area contributed by atoms with Crippen LogP contribution in [0.2, 0.25) is 10.0 Å². The summed E-state index contributed by atoms with van der Waals surface area (Å²) in [6, 6.07) is 17.8. The van der Waals surface area contributed by atoms with Crippen molar-refractivity contribution < 1.29 is 14.3 Å². The number of carbonyl (C=O) groups is 2. The zero-order valence-electron chi connectivity index (χ0n) is 18.4. The number of ether oxygens (including phenoxy) is 1. The van der Waals surface area contributed by atoms with Crippen molar-refractivity contribution >= 4 is 46.4 Å². The number of hydrazone groups is 1. The normalized spacial score (nSPS) is 11.1. The fourth-order valence-electron chi connectivity index (χ4n) is 2.85. The predicted octanol–water partition coefficient (Wildman–Crippen LogP) is 5.67. The highest BCUT2D eigenvalue weighted by Crippen LogP contribution is 2.23. The van der Waals surface area contributed by atoms with Crippen LogP contribution in [0.1, 0.15) is 29.2 Å². The number of nitrogens with zero attached hydrogens (tertiary/aromatic N) is 1. The second-order valence-electron chi connectivity index (χ2n) is 7.44. The summed E-state index contributed by atoms with van der Waals surface area (Å²) >= 11 is 12.1. The predicted molar refractivity (Wildman–Crippen MR) is 132 cm³/mol. The summed E-state index contributed by atoms with van der Waals surface area (Å²) in [5.41, 5.74) is 7.07. The molecule has 0 saturated carbocycles. The number of hydrogen-bond donors (Lipinski definition) is 2. The van der Waals surface area contributed by atoms with Gasteiger partial charge in [-0.3, -0.25) is 9.59 Å². The van der Waals surface area contributed by atoms with Gasteiger partial charge in [0.25, 0.3) is 0 Å². The Morgan fingerprint density at radius 2 is 1.64 bits per heavy atom. The average Bonchev–Trinajstić information content (AvgIpc) is 2.79. The number of aryl methyl sites for hydroxylation is 2. The molecule has 2 N–H and O–H groups in total. The van der Waals surface area contributed by atoms with Gasteiger partial charge in [0, 0.05) is 21.3 Å². The number of amides is 2. The highest BCUT2D eigenvalue weighted by molar-refractivity contribution is 6.39. The number of nitrogens with one attached hydrogen (secondary N) is 2. The first kappa shape index (κ1) is 24.3. The van der Waals surface area contributed by atoms with Gasteiger partial charge < -0.3 is 10.1 Å². The van der Waals surface area contributed by atoms with Crippen LogP contribution in [-0.4, -0.2) is 17.5 Å². The van der Waals surface area contributed by atoms with Crippen LogP contribution in [0.25, 0.3) is 0 Å². The lowest BCUT2D eigenvalue weighted by Gasteiger charge is -2.09. The van der Waals surface area contributed by atoms with Crippen LogP contribution in [0, 0.1) is 13.8 Å². The molecule has 2 amide bonds. The number of rotatable bonds is 6. The number of hydrogen-bond acceptors (Lipinski definition) is 4. The van der Waals surface area contributed by atoms with Crippen LogP contribution >= 0.6 is 23.2 Å². The highest BCUT2D eigenvalue weighted by atomic mass is 35.5. The first-order valence-electron chi connectivity index (χ1n) is 10.1. The third-order valence-corrected chi connectivity index (χ3v) is 5.56. The molecule has 170 valence electrons. The minimum absolute atomic E-state index is 0.300. The number of anilines is 1. The Bertz CT molecular complexity index is 1210. The van der Waals surface area contributed by atoms with Gasteiger partial charge in [0.1, 0.15) is 12.4 Å². The van der Waals surface area contributed by atoms with Gasteiger partial charge in [-0.2, -0.15) is 5.10 Å². The Labute approximate surface area is 202 Å². The smallest absolute Gasteiger partial charge is 0.329 e. The summed E-state index contributed by atoms with van der Waals surface area (Å²) in [6.45, 7) is 5.93. The molecule has 0 saturated heterocycles. The van der Waals surface area contributed by atoms with Gasteiger partial charge >= 0.3 is 11.8 Å². The topological polar surface area (TPSA) is 79.8 Å². The molecule has 8 heteroatoms. The standard InChI is InChI=1S/C25H23Cl2N3O3/c1-15-4-9-21(12-16(15)2)28-24(31)25(32)30-29-17(3)18-6-10-22(11-7-18)33-14-19-5-8-20(26)13-23(19)27/h4-13H,14H2,1-3H3,(H,28,31)(H,30,32)/b29-17+. The molecule has 0 unspecified atom stereocenters. The van der Waals surface area contributed by atoms with Crippen molar-refractivity contribution in [3.8, 4) is 5.75 Å². The Hall–Kier alpha value is -3.35. The third-order valence-electron chi connectivity index (χ3n) is 4.98. The molecule has 6 nitrogen and oxygen atoms in total. The second kappa shape index (κ2) is 11.0. The Morgan fingerprint density at radius 1 is 0.909 bits per heavy atom. The largest absolute Gasteiger partial charge is 0.489 e.